The van der Waals surface area contributed by atoms with Crippen LogP contribution in [0, 0.1) is 0 Å². The van der Waals surface area contributed by atoms with Gasteiger partial charge in [-0.1, -0.05) is 58.4 Å². The smallest absolute Gasteiger partial charge is 0.178 e. The van der Waals surface area contributed by atoms with Gasteiger partial charge in [-0.3, -0.25) is 0 Å². The Labute approximate surface area is 150 Å². The van der Waals surface area contributed by atoms with Crippen LogP contribution in [0.1, 0.15) is 0 Å². The topological polar surface area (TPSA) is 26.3 Å². The molecule has 0 fully saturated rings. The molecule has 0 aliphatic carbocycles. The van der Waals surface area contributed by atoms with Gasteiger partial charge in [-0.25, -0.2) is 0 Å². The highest BCUT2D eigenvalue weighted by molar-refractivity contribution is 9.10. The summed E-state index contributed by atoms with van der Waals surface area (Å²) in [5.74, 6) is 0. The molecule has 0 bridgehead atoms. The van der Waals surface area contributed by atoms with Gasteiger partial charge in [0.25, 0.3) is 0 Å². The first-order valence-corrected chi connectivity index (χ1v) is 8.94. The number of furan rings is 2. The predicted molar refractivity (Wildman–Crippen MR) is 106 cm³/mol. The monoisotopic (exact) mass is 386 g/mol. The van der Waals surface area contributed by atoms with Gasteiger partial charge in [-0.05, 0) is 35.0 Å². The Kier molecular flexibility index (Phi) is 2.51. The second-order valence-electron chi connectivity index (χ2n) is 6.30. The lowest BCUT2D eigenvalue weighted by atomic mass is 10.0. The maximum Gasteiger partial charge on any atom is 0.178 e. The van der Waals surface area contributed by atoms with Crippen molar-refractivity contribution in [1.29, 1.82) is 0 Å². The summed E-state index contributed by atoms with van der Waals surface area (Å²) in [7, 11) is 0. The van der Waals surface area contributed by atoms with E-state index in [9.17, 15) is 0 Å². The van der Waals surface area contributed by atoms with Crippen molar-refractivity contribution in [3.05, 3.63) is 71.2 Å². The Balaban J connectivity index is 1.90. The summed E-state index contributed by atoms with van der Waals surface area (Å²) >= 11 is 3.67. The van der Waals surface area contributed by atoms with Gasteiger partial charge in [0.05, 0.1) is 0 Å². The van der Waals surface area contributed by atoms with E-state index >= 15 is 0 Å². The average molecular weight is 387 g/mol. The molecular weight excluding hydrogens is 376 g/mol. The Morgan fingerprint density at radius 2 is 1.20 bits per heavy atom. The van der Waals surface area contributed by atoms with Crippen molar-refractivity contribution in [2.75, 3.05) is 0 Å². The van der Waals surface area contributed by atoms with Gasteiger partial charge in [0, 0.05) is 26.0 Å². The van der Waals surface area contributed by atoms with E-state index in [0.29, 0.717) is 0 Å². The molecule has 0 unspecified atom stereocenters. The third-order valence-electron chi connectivity index (χ3n) is 4.94. The number of para-hydroxylation sites is 1. The zero-order valence-electron chi connectivity index (χ0n) is 13.0. The quantitative estimate of drug-likeness (QED) is 0.271. The minimum absolute atomic E-state index is 0.812. The summed E-state index contributed by atoms with van der Waals surface area (Å²) in [5.41, 5.74) is 3.38. The maximum atomic E-state index is 6.26. The van der Waals surface area contributed by atoms with Crippen LogP contribution in [0.3, 0.4) is 0 Å². The van der Waals surface area contributed by atoms with Gasteiger partial charge in [-0.2, -0.15) is 0 Å². The summed E-state index contributed by atoms with van der Waals surface area (Å²) in [6.07, 6.45) is 0. The molecule has 0 saturated carbocycles. The minimum Gasteiger partial charge on any atom is -0.452 e. The number of halogens is 1. The minimum atomic E-state index is 0.812. The Morgan fingerprint density at radius 3 is 2.08 bits per heavy atom. The van der Waals surface area contributed by atoms with E-state index in [0.717, 1.165) is 48.3 Å². The second kappa shape index (κ2) is 4.64. The van der Waals surface area contributed by atoms with E-state index in [1.165, 1.54) is 10.8 Å². The Hall–Kier alpha value is -2.78. The molecule has 0 saturated heterocycles. The van der Waals surface area contributed by atoms with Crippen molar-refractivity contribution in [2.45, 2.75) is 0 Å². The molecule has 6 rings (SSSR count). The summed E-state index contributed by atoms with van der Waals surface area (Å²) in [5, 5.41) is 6.79. The first kappa shape index (κ1) is 13.5. The van der Waals surface area contributed by atoms with Crippen LogP contribution in [0.2, 0.25) is 0 Å². The zero-order chi connectivity index (χ0) is 16.5. The SMILES string of the molecule is Brc1cc2oc3c(ccc4c5ccccc5oc43)c2c2ccccc12. The highest BCUT2D eigenvalue weighted by Gasteiger charge is 2.17. The standard InChI is InChI=1S/C22H11BrO2/c23-17-11-19-20(14-7-2-1-5-12(14)17)16-10-9-15-13-6-3-4-8-18(13)24-21(15)22(16)25-19/h1-11H. The van der Waals surface area contributed by atoms with Crippen molar-refractivity contribution in [2.24, 2.45) is 0 Å². The molecule has 3 heteroatoms. The third-order valence-corrected chi connectivity index (χ3v) is 5.60. The van der Waals surface area contributed by atoms with Gasteiger partial charge >= 0.3 is 0 Å². The van der Waals surface area contributed by atoms with Gasteiger partial charge in [0.15, 0.2) is 11.2 Å². The van der Waals surface area contributed by atoms with Crippen LogP contribution in [-0.2, 0) is 0 Å². The summed E-state index contributed by atoms with van der Waals surface area (Å²) < 4.78 is 13.4. The number of hydrogen-bond donors (Lipinski definition) is 0. The first-order valence-electron chi connectivity index (χ1n) is 8.15. The second-order valence-corrected chi connectivity index (χ2v) is 7.15. The average Bonchev–Trinajstić information content (AvgIpc) is 3.20. The third kappa shape index (κ3) is 1.68. The highest BCUT2D eigenvalue weighted by Crippen LogP contribution is 2.42. The molecule has 4 aromatic carbocycles. The van der Waals surface area contributed by atoms with Crippen molar-refractivity contribution in [3.63, 3.8) is 0 Å². The highest BCUT2D eigenvalue weighted by atomic mass is 79.9. The van der Waals surface area contributed by atoms with E-state index in [-0.39, 0.29) is 0 Å². The van der Waals surface area contributed by atoms with Crippen LogP contribution in [0.15, 0.2) is 80.0 Å². The molecule has 0 amide bonds. The van der Waals surface area contributed by atoms with Gasteiger partial charge in [0.2, 0.25) is 0 Å². The van der Waals surface area contributed by atoms with Gasteiger partial charge in [0.1, 0.15) is 11.2 Å². The number of rotatable bonds is 0. The fraction of sp³-hybridized carbons (Fsp3) is 0. The molecular formula is C22H11BrO2. The number of fused-ring (bicyclic) bond motifs is 9. The molecule has 118 valence electrons. The Bertz CT molecular complexity index is 1450. The van der Waals surface area contributed by atoms with E-state index in [1.807, 2.05) is 24.3 Å². The molecule has 0 spiro atoms. The van der Waals surface area contributed by atoms with Crippen LogP contribution in [0.25, 0.3) is 54.6 Å². The van der Waals surface area contributed by atoms with Crippen LogP contribution >= 0.6 is 15.9 Å². The molecule has 25 heavy (non-hydrogen) atoms. The van der Waals surface area contributed by atoms with Crippen LogP contribution in [0.5, 0.6) is 0 Å². The predicted octanol–water partition coefficient (Wildman–Crippen LogP) is 7.40. The molecule has 2 nitrogen and oxygen atoms in total. The fourth-order valence-electron chi connectivity index (χ4n) is 3.84. The van der Waals surface area contributed by atoms with Crippen molar-refractivity contribution < 1.29 is 8.83 Å². The lowest BCUT2D eigenvalue weighted by Crippen LogP contribution is -1.76. The van der Waals surface area contributed by atoms with Crippen LogP contribution < -0.4 is 0 Å². The van der Waals surface area contributed by atoms with Crippen molar-refractivity contribution >= 4 is 70.6 Å². The molecule has 2 aromatic heterocycles. The number of benzene rings is 4. The molecule has 2 heterocycles. The largest absolute Gasteiger partial charge is 0.452 e. The Morgan fingerprint density at radius 1 is 0.560 bits per heavy atom. The van der Waals surface area contributed by atoms with E-state index in [2.05, 4.69) is 58.4 Å². The lowest BCUT2D eigenvalue weighted by molar-refractivity contribution is 0.633. The fourth-order valence-corrected chi connectivity index (χ4v) is 4.39. The summed E-state index contributed by atoms with van der Waals surface area (Å²) in [6.45, 7) is 0. The molecule has 0 N–H and O–H groups in total. The first-order chi connectivity index (χ1) is 12.3. The van der Waals surface area contributed by atoms with Crippen LogP contribution in [-0.4, -0.2) is 0 Å². The molecule has 6 aromatic rings. The molecule has 0 aliphatic rings. The molecule has 0 aliphatic heterocycles. The summed E-state index contributed by atoms with van der Waals surface area (Å²) in [4.78, 5) is 0. The van der Waals surface area contributed by atoms with Gasteiger partial charge in [-0.15, -0.1) is 0 Å². The maximum absolute atomic E-state index is 6.26. The lowest BCUT2D eigenvalue weighted by Gasteiger charge is -2.01. The normalized spacial score (nSPS) is 12.2. The number of hydrogen-bond acceptors (Lipinski definition) is 2. The molecule has 0 radical (unpaired) electrons. The van der Waals surface area contributed by atoms with E-state index in [4.69, 9.17) is 8.83 Å². The molecule has 0 atom stereocenters. The van der Waals surface area contributed by atoms with E-state index < -0.39 is 0 Å². The van der Waals surface area contributed by atoms with Crippen LogP contribution in [0.4, 0.5) is 0 Å². The van der Waals surface area contributed by atoms with Crippen molar-refractivity contribution in [3.8, 4) is 0 Å². The summed E-state index contributed by atoms with van der Waals surface area (Å²) in [6, 6.07) is 22.8. The van der Waals surface area contributed by atoms with Crippen molar-refractivity contribution in [1.82, 2.24) is 0 Å². The van der Waals surface area contributed by atoms with E-state index in [1.54, 1.807) is 0 Å². The van der Waals surface area contributed by atoms with Gasteiger partial charge < -0.3 is 8.83 Å². The zero-order valence-corrected chi connectivity index (χ0v) is 14.6.